The lowest BCUT2D eigenvalue weighted by Gasteiger charge is -2.07. The first-order valence-corrected chi connectivity index (χ1v) is 9.76. The monoisotopic (exact) mass is 424 g/mol. The number of hydrogen-bond donors (Lipinski definition) is 1. The van der Waals surface area contributed by atoms with Crippen molar-refractivity contribution in [3.63, 3.8) is 0 Å². The summed E-state index contributed by atoms with van der Waals surface area (Å²) < 4.78 is 31.2. The maximum absolute atomic E-state index is 13.3. The number of hydrogen-bond acceptors (Lipinski definition) is 5. The van der Waals surface area contributed by atoms with Crippen LogP contribution in [-0.2, 0) is 22.4 Å². The Morgan fingerprint density at radius 3 is 2.68 bits per heavy atom. The van der Waals surface area contributed by atoms with Crippen LogP contribution < -0.4 is 5.32 Å². The summed E-state index contributed by atoms with van der Waals surface area (Å²) in [6.45, 7) is -0.651. The molecule has 9 heteroatoms. The van der Waals surface area contributed by atoms with Crippen LogP contribution in [-0.4, -0.2) is 18.5 Å². The van der Waals surface area contributed by atoms with Crippen LogP contribution in [0, 0.1) is 23.0 Å². The van der Waals surface area contributed by atoms with E-state index >= 15 is 0 Å². The minimum atomic E-state index is -1.25. The number of thiophene rings is 1. The minimum absolute atomic E-state index is 0.321. The minimum Gasteiger partial charge on any atom is -0.452 e. The van der Waals surface area contributed by atoms with E-state index in [1.54, 1.807) is 0 Å². The molecule has 5 nitrogen and oxygen atoms in total. The molecular weight excluding hydrogens is 410 g/mol. The number of ether oxygens (including phenoxy) is 1. The highest BCUT2D eigenvalue weighted by molar-refractivity contribution is 7.16. The number of carbonyl (C=O) groups is 2. The lowest BCUT2D eigenvalue weighted by molar-refractivity contribution is -0.119. The zero-order valence-electron chi connectivity index (χ0n) is 14.6. The van der Waals surface area contributed by atoms with Gasteiger partial charge in [0.15, 0.2) is 18.2 Å². The molecule has 28 heavy (non-hydrogen) atoms. The van der Waals surface area contributed by atoms with Gasteiger partial charge in [-0.2, -0.15) is 5.26 Å². The number of benzene rings is 1. The molecule has 0 spiro atoms. The van der Waals surface area contributed by atoms with Crippen molar-refractivity contribution in [2.24, 2.45) is 0 Å². The number of nitriles is 1. The van der Waals surface area contributed by atoms with E-state index in [0.717, 1.165) is 42.5 Å². The van der Waals surface area contributed by atoms with Crippen LogP contribution in [0.1, 0.15) is 45.6 Å². The first-order valence-electron chi connectivity index (χ1n) is 8.57. The van der Waals surface area contributed by atoms with Gasteiger partial charge < -0.3 is 10.1 Å². The zero-order chi connectivity index (χ0) is 20.3. The fourth-order valence-corrected chi connectivity index (χ4v) is 4.48. The van der Waals surface area contributed by atoms with Gasteiger partial charge in [-0.3, -0.25) is 4.79 Å². The summed E-state index contributed by atoms with van der Waals surface area (Å²) in [5, 5.41) is 12.2. The van der Waals surface area contributed by atoms with Crippen LogP contribution in [0.4, 0.5) is 13.8 Å². The molecule has 2 aromatic rings. The number of carbonyl (C=O) groups excluding carboxylic acids is 2. The van der Waals surface area contributed by atoms with E-state index in [2.05, 4.69) is 11.4 Å². The smallest absolute Gasteiger partial charge is 0.340 e. The number of halogens is 3. The molecule has 3 rings (SSSR count). The SMILES string of the molecule is N#Cc1c(NC(=O)COC(=O)c2cc(F)c(F)cc2Cl)sc2c1CCCCC2. The summed E-state index contributed by atoms with van der Waals surface area (Å²) >= 11 is 7.07. The summed E-state index contributed by atoms with van der Waals surface area (Å²) in [5.41, 5.74) is 1.05. The molecule has 0 aliphatic heterocycles. The normalized spacial score (nSPS) is 13.2. The van der Waals surface area contributed by atoms with E-state index in [9.17, 15) is 23.6 Å². The Morgan fingerprint density at radius 2 is 1.93 bits per heavy atom. The molecule has 0 fully saturated rings. The summed E-state index contributed by atoms with van der Waals surface area (Å²) in [7, 11) is 0. The quantitative estimate of drug-likeness (QED) is 0.441. The molecule has 1 heterocycles. The van der Waals surface area contributed by atoms with Crippen molar-refractivity contribution in [3.8, 4) is 6.07 Å². The Hall–Kier alpha value is -2.50. The molecular formula is C19H15ClF2N2O3S. The highest BCUT2D eigenvalue weighted by Crippen LogP contribution is 2.36. The molecule has 1 aromatic carbocycles. The second-order valence-corrected chi connectivity index (χ2v) is 7.76. The summed E-state index contributed by atoms with van der Waals surface area (Å²) in [5.74, 6) is -4.14. The van der Waals surface area contributed by atoms with Gasteiger partial charge in [-0.05, 0) is 43.4 Å². The van der Waals surface area contributed by atoms with E-state index in [-0.39, 0.29) is 10.6 Å². The fourth-order valence-electron chi connectivity index (χ4n) is 3.00. The molecule has 1 amide bonds. The average molecular weight is 425 g/mol. The number of nitrogens with zero attached hydrogens (tertiary/aromatic N) is 1. The Kier molecular flexibility index (Phi) is 6.27. The number of esters is 1. The highest BCUT2D eigenvalue weighted by atomic mass is 35.5. The third kappa shape index (κ3) is 4.32. The molecule has 1 aliphatic rings. The van der Waals surface area contributed by atoms with Gasteiger partial charge in [0.1, 0.15) is 11.1 Å². The molecule has 1 aromatic heterocycles. The highest BCUT2D eigenvalue weighted by Gasteiger charge is 2.22. The van der Waals surface area contributed by atoms with E-state index in [4.69, 9.17) is 16.3 Å². The number of aryl methyl sites for hydroxylation is 1. The Morgan fingerprint density at radius 1 is 1.21 bits per heavy atom. The molecule has 146 valence electrons. The van der Waals surface area contributed by atoms with Gasteiger partial charge in [-0.25, -0.2) is 13.6 Å². The molecule has 0 atom stereocenters. The van der Waals surface area contributed by atoms with Gasteiger partial charge in [0.05, 0.1) is 16.1 Å². The first kappa shape index (κ1) is 20.2. The van der Waals surface area contributed by atoms with Gasteiger partial charge in [0, 0.05) is 4.88 Å². The topological polar surface area (TPSA) is 79.2 Å². The number of anilines is 1. The number of nitrogens with one attached hydrogen (secondary N) is 1. The molecule has 0 saturated heterocycles. The lowest BCUT2D eigenvalue weighted by atomic mass is 10.1. The number of fused-ring (bicyclic) bond motifs is 1. The Bertz CT molecular complexity index is 985. The van der Waals surface area contributed by atoms with Crippen molar-refractivity contribution in [1.82, 2.24) is 0 Å². The van der Waals surface area contributed by atoms with Crippen LogP contribution in [0.25, 0.3) is 0 Å². The van der Waals surface area contributed by atoms with Crippen molar-refractivity contribution < 1.29 is 23.1 Å². The average Bonchev–Trinajstić information content (AvgIpc) is 2.82. The first-order chi connectivity index (χ1) is 13.4. The lowest BCUT2D eigenvalue weighted by Crippen LogP contribution is -2.21. The van der Waals surface area contributed by atoms with Crippen molar-refractivity contribution in [3.05, 3.63) is 50.4 Å². The van der Waals surface area contributed by atoms with E-state index in [0.29, 0.717) is 22.7 Å². The summed E-state index contributed by atoms with van der Waals surface area (Å²) in [6, 6.07) is 3.41. The fraction of sp³-hybridized carbons (Fsp3) is 0.316. The van der Waals surface area contributed by atoms with E-state index < -0.39 is 30.1 Å². The predicted octanol–water partition coefficient (Wildman–Crippen LogP) is 4.62. The maximum Gasteiger partial charge on any atom is 0.340 e. The third-order valence-corrected chi connectivity index (χ3v) is 5.87. The molecule has 0 saturated carbocycles. The second kappa shape index (κ2) is 8.67. The maximum atomic E-state index is 13.3. The zero-order valence-corrected chi connectivity index (χ0v) is 16.2. The van der Waals surface area contributed by atoms with Crippen molar-refractivity contribution in [1.29, 1.82) is 5.26 Å². The van der Waals surface area contributed by atoms with Gasteiger partial charge >= 0.3 is 5.97 Å². The van der Waals surface area contributed by atoms with E-state index in [1.807, 2.05) is 0 Å². The summed E-state index contributed by atoms with van der Waals surface area (Å²) in [4.78, 5) is 25.2. The van der Waals surface area contributed by atoms with Gasteiger partial charge in [0.25, 0.3) is 5.91 Å². The van der Waals surface area contributed by atoms with Gasteiger partial charge in [-0.1, -0.05) is 18.0 Å². The molecule has 1 aliphatic carbocycles. The van der Waals surface area contributed by atoms with Crippen molar-refractivity contribution >= 4 is 39.8 Å². The van der Waals surface area contributed by atoms with Crippen molar-refractivity contribution in [2.75, 3.05) is 11.9 Å². The standard InChI is InChI=1S/C19H15ClF2N2O3S/c20-13-7-15(22)14(21)6-11(13)19(26)27-9-17(25)24-18-12(8-23)10-4-2-1-3-5-16(10)28-18/h6-7H,1-5,9H2,(H,24,25). The predicted molar refractivity (Wildman–Crippen MR) is 101 cm³/mol. The second-order valence-electron chi connectivity index (χ2n) is 6.25. The molecule has 0 bridgehead atoms. The van der Waals surface area contributed by atoms with Crippen molar-refractivity contribution in [2.45, 2.75) is 32.1 Å². The molecule has 1 N–H and O–H groups in total. The van der Waals surface area contributed by atoms with Gasteiger partial charge in [-0.15, -0.1) is 11.3 Å². The van der Waals surface area contributed by atoms with Crippen LogP contribution in [0.3, 0.4) is 0 Å². The summed E-state index contributed by atoms with van der Waals surface area (Å²) in [6.07, 6.45) is 4.82. The van der Waals surface area contributed by atoms with E-state index in [1.165, 1.54) is 11.3 Å². The van der Waals surface area contributed by atoms with Crippen LogP contribution in [0.2, 0.25) is 5.02 Å². The third-order valence-electron chi connectivity index (χ3n) is 4.35. The van der Waals surface area contributed by atoms with Crippen LogP contribution in [0.15, 0.2) is 12.1 Å². The largest absolute Gasteiger partial charge is 0.452 e. The van der Waals surface area contributed by atoms with Gasteiger partial charge in [0.2, 0.25) is 0 Å². The van der Waals surface area contributed by atoms with Crippen LogP contribution >= 0.6 is 22.9 Å². The molecule has 0 radical (unpaired) electrons. The van der Waals surface area contributed by atoms with Crippen LogP contribution in [0.5, 0.6) is 0 Å². The Balaban J connectivity index is 1.66. The Labute approximate surface area is 168 Å². The number of rotatable bonds is 4. The number of amides is 1. The molecule has 0 unspecified atom stereocenters.